The predicted octanol–water partition coefficient (Wildman–Crippen LogP) is 3.01. The molecule has 0 spiro atoms. The van der Waals surface area contributed by atoms with E-state index in [2.05, 4.69) is 0 Å². The van der Waals surface area contributed by atoms with Crippen LogP contribution in [0.4, 0.5) is 0 Å². The van der Waals surface area contributed by atoms with Crippen LogP contribution in [0.25, 0.3) is 6.08 Å². The van der Waals surface area contributed by atoms with Gasteiger partial charge in [-0.2, -0.15) is 0 Å². The predicted molar refractivity (Wildman–Crippen MR) is 82.7 cm³/mol. The molecular formula is C17H16O5. The fraction of sp³-hybridized carbons (Fsp3) is 0.118. The molecule has 0 unspecified atom stereocenters. The first-order valence-corrected chi connectivity index (χ1v) is 6.51. The Balaban J connectivity index is 2.19. The van der Waals surface area contributed by atoms with Crippen molar-refractivity contribution in [2.75, 3.05) is 14.2 Å². The first-order chi connectivity index (χ1) is 10.5. The number of ketones is 1. The number of hydrogen-bond donors (Lipinski definition) is 2. The molecule has 2 aromatic rings. The normalized spacial score (nSPS) is 10.6. The zero-order valence-electron chi connectivity index (χ0n) is 12.2. The second kappa shape index (κ2) is 6.67. The van der Waals surface area contributed by atoms with Crippen LogP contribution in [0.1, 0.15) is 15.9 Å². The van der Waals surface area contributed by atoms with E-state index in [9.17, 15) is 15.0 Å². The lowest BCUT2D eigenvalue weighted by Crippen LogP contribution is -1.95. The van der Waals surface area contributed by atoms with E-state index < -0.39 is 0 Å². The molecular weight excluding hydrogens is 284 g/mol. The van der Waals surface area contributed by atoms with Gasteiger partial charge in [-0.05, 0) is 35.9 Å². The summed E-state index contributed by atoms with van der Waals surface area (Å²) >= 11 is 0. The zero-order valence-corrected chi connectivity index (χ0v) is 12.2. The summed E-state index contributed by atoms with van der Waals surface area (Å²) in [6.45, 7) is 0. The Kier molecular flexibility index (Phi) is 4.68. The Morgan fingerprint density at radius 1 is 1.00 bits per heavy atom. The van der Waals surface area contributed by atoms with Crippen LogP contribution < -0.4 is 9.47 Å². The van der Waals surface area contributed by atoms with Crippen LogP contribution in [0.3, 0.4) is 0 Å². The Bertz CT molecular complexity index is 719. The summed E-state index contributed by atoms with van der Waals surface area (Å²) in [5.41, 5.74) is 0.814. The van der Waals surface area contributed by atoms with Crippen LogP contribution in [-0.4, -0.2) is 30.2 Å². The molecule has 0 saturated carbocycles. The highest BCUT2D eigenvalue weighted by atomic mass is 16.5. The van der Waals surface area contributed by atoms with Gasteiger partial charge in [0.1, 0.15) is 11.5 Å². The molecule has 0 fully saturated rings. The van der Waals surface area contributed by atoms with Crippen molar-refractivity contribution >= 4 is 11.9 Å². The second-order valence-electron chi connectivity index (χ2n) is 4.51. The van der Waals surface area contributed by atoms with Crippen molar-refractivity contribution in [3.63, 3.8) is 0 Å². The number of aromatic hydroxyl groups is 2. The van der Waals surface area contributed by atoms with Crippen LogP contribution in [-0.2, 0) is 0 Å². The second-order valence-corrected chi connectivity index (χ2v) is 4.51. The van der Waals surface area contributed by atoms with Gasteiger partial charge in [0.2, 0.25) is 0 Å². The molecule has 0 bridgehead atoms. The molecule has 5 nitrogen and oxygen atoms in total. The van der Waals surface area contributed by atoms with Crippen molar-refractivity contribution in [1.29, 1.82) is 0 Å². The van der Waals surface area contributed by atoms with E-state index in [1.807, 2.05) is 0 Å². The molecule has 22 heavy (non-hydrogen) atoms. The molecule has 5 heteroatoms. The smallest absolute Gasteiger partial charge is 0.189 e. The number of carbonyl (C=O) groups is 1. The van der Waals surface area contributed by atoms with Crippen molar-refractivity contribution in [3.05, 3.63) is 53.6 Å². The molecule has 0 saturated heterocycles. The van der Waals surface area contributed by atoms with Gasteiger partial charge in [0.15, 0.2) is 17.3 Å². The largest absolute Gasteiger partial charge is 0.507 e. The van der Waals surface area contributed by atoms with Gasteiger partial charge in [0.25, 0.3) is 0 Å². The molecule has 0 atom stereocenters. The Hall–Kier alpha value is -2.95. The maximum Gasteiger partial charge on any atom is 0.189 e. The van der Waals surface area contributed by atoms with Crippen LogP contribution >= 0.6 is 0 Å². The highest BCUT2D eigenvalue weighted by Gasteiger charge is 2.09. The monoisotopic (exact) mass is 300 g/mol. The molecule has 0 heterocycles. The number of hydrogen-bond acceptors (Lipinski definition) is 5. The Morgan fingerprint density at radius 3 is 2.36 bits per heavy atom. The minimum atomic E-state index is -0.351. The van der Waals surface area contributed by atoms with E-state index >= 15 is 0 Å². The van der Waals surface area contributed by atoms with Gasteiger partial charge in [0, 0.05) is 6.07 Å². The number of phenols is 2. The van der Waals surface area contributed by atoms with Gasteiger partial charge in [-0.25, -0.2) is 0 Å². The number of ether oxygens (including phenoxy) is 2. The van der Waals surface area contributed by atoms with Crippen molar-refractivity contribution in [2.24, 2.45) is 0 Å². The number of carbonyl (C=O) groups excluding carboxylic acids is 1. The van der Waals surface area contributed by atoms with Gasteiger partial charge < -0.3 is 19.7 Å². The first-order valence-electron chi connectivity index (χ1n) is 6.51. The Labute approximate surface area is 128 Å². The van der Waals surface area contributed by atoms with Gasteiger partial charge in [-0.1, -0.05) is 12.1 Å². The summed E-state index contributed by atoms with van der Waals surface area (Å²) in [6.07, 6.45) is 2.87. The summed E-state index contributed by atoms with van der Waals surface area (Å²) in [6, 6.07) is 9.25. The number of methoxy groups -OCH3 is 2. The van der Waals surface area contributed by atoms with Crippen LogP contribution in [0.2, 0.25) is 0 Å². The third-order valence-electron chi connectivity index (χ3n) is 3.10. The molecule has 2 aromatic carbocycles. The number of allylic oxidation sites excluding steroid dienone is 1. The molecule has 0 radical (unpaired) electrons. The van der Waals surface area contributed by atoms with Crippen molar-refractivity contribution < 1.29 is 24.5 Å². The lowest BCUT2D eigenvalue weighted by molar-refractivity contribution is 0.104. The number of phenolic OH excluding ortho intramolecular Hbond substituents is 2. The highest BCUT2D eigenvalue weighted by Crippen LogP contribution is 2.27. The van der Waals surface area contributed by atoms with Gasteiger partial charge in [0.05, 0.1) is 19.8 Å². The molecule has 0 aliphatic heterocycles. The third kappa shape index (κ3) is 3.38. The zero-order chi connectivity index (χ0) is 16.1. The van der Waals surface area contributed by atoms with E-state index in [1.54, 1.807) is 24.3 Å². The summed E-state index contributed by atoms with van der Waals surface area (Å²) in [7, 11) is 2.94. The van der Waals surface area contributed by atoms with Crippen LogP contribution in [0, 0.1) is 0 Å². The molecule has 114 valence electrons. The quantitative estimate of drug-likeness (QED) is 0.655. The summed E-state index contributed by atoms with van der Waals surface area (Å²) in [5, 5.41) is 19.5. The van der Waals surface area contributed by atoms with Gasteiger partial charge in [-0.15, -0.1) is 0 Å². The topological polar surface area (TPSA) is 76.0 Å². The molecule has 2 N–H and O–H groups in total. The third-order valence-corrected chi connectivity index (χ3v) is 3.10. The Morgan fingerprint density at radius 2 is 1.77 bits per heavy atom. The maximum absolute atomic E-state index is 12.1. The lowest BCUT2D eigenvalue weighted by Gasteiger charge is -2.04. The van der Waals surface area contributed by atoms with Gasteiger partial charge >= 0.3 is 0 Å². The number of rotatable bonds is 5. The molecule has 0 aliphatic carbocycles. The van der Waals surface area contributed by atoms with Crippen molar-refractivity contribution in [3.8, 4) is 23.0 Å². The van der Waals surface area contributed by atoms with Crippen LogP contribution in [0.15, 0.2) is 42.5 Å². The first kappa shape index (κ1) is 15.4. The average Bonchev–Trinajstić information content (AvgIpc) is 2.52. The summed E-state index contributed by atoms with van der Waals surface area (Å²) in [5.74, 6) is 0.320. The average molecular weight is 300 g/mol. The molecule has 0 amide bonds. The van der Waals surface area contributed by atoms with E-state index in [4.69, 9.17) is 9.47 Å². The van der Waals surface area contributed by atoms with E-state index in [0.717, 1.165) is 0 Å². The molecule has 2 rings (SSSR count). The van der Waals surface area contributed by atoms with Crippen molar-refractivity contribution in [1.82, 2.24) is 0 Å². The number of benzene rings is 2. The molecule has 0 aliphatic rings. The minimum absolute atomic E-state index is 0.00982. The lowest BCUT2D eigenvalue weighted by atomic mass is 10.1. The van der Waals surface area contributed by atoms with Crippen LogP contribution in [0.5, 0.6) is 23.0 Å². The fourth-order valence-electron chi connectivity index (χ4n) is 1.92. The van der Waals surface area contributed by atoms with Crippen molar-refractivity contribution in [2.45, 2.75) is 0 Å². The minimum Gasteiger partial charge on any atom is -0.507 e. The summed E-state index contributed by atoms with van der Waals surface area (Å²) < 4.78 is 9.91. The maximum atomic E-state index is 12.1. The van der Waals surface area contributed by atoms with E-state index in [0.29, 0.717) is 17.1 Å². The molecule has 0 aromatic heterocycles. The van der Waals surface area contributed by atoms with Gasteiger partial charge in [-0.3, -0.25) is 4.79 Å². The fourth-order valence-corrected chi connectivity index (χ4v) is 1.92. The standard InChI is InChI=1S/C17H16O5/c1-21-12-5-6-13(15(19)10-12)14(18)7-3-11-4-8-17(22-2)16(20)9-11/h3-10,19-20H,1-2H3/b7-3-. The highest BCUT2D eigenvalue weighted by molar-refractivity contribution is 6.08. The van der Waals surface area contributed by atoms with E-state index in [-0.39, 0.29) is 22.8 Å². The SMILES string of the molecule is COc1ccc(C(=O)/C=C\c2ccc(OC)c(O)c2)c(O)c1. The van der Waals surface area contributed by atoms with E-state index in [1.165, 1.54) is 38.5 Å². The summed E-state index contributed by atoms with van der Waals surface area (Å²) in [4.78, 5) is 12.1.